The van der Waals surface area contributed by atoms with Crippen molar-refractivity contribution in [1.82, 2.24) is 20.4 Å². The first-order valence-corrected chi connectivity index (χ1v) is 10.9. The normalized spacial score (nSPS) is 16.4. The number of nitrogens with zero attached hydrogens (tertiary/aromatic N) is 2. The monoisotopic (exact) mass is 428 g/mol. The lowest BCUT2D eigenvalue weighted by atomic mass is 9.90. The van der Waals surface area contributed by atoms with Gasteiger partial charge in [-0.05, 0) is 45.7 Å². The van der Waals surface area contributed by atoms with E-state index < -0.39 is 17.2 Å². The van der Waals surface area contributed by atoms with Gasteiger partial charge in [-0.15, -0.1) is 0 Å². The van der Waals surface area contributed by atoms with E-state index in [9.17, 15) is 14.4 Å². The smallest absolute Gasteiger partial charge is 0.408 e. The van der Waals surface area contributed by atoms with E-state index in [0.29, 0.717) is 17.4 Å². The second-order valence-corrected chi connectivity index (χ2v) is 9.28. The fourth-order valence-electron chi connectivity index (χ4n) is 4.02. The molecule has 31 heavy (non-hydrogen) atoms. The molecule has 2 amide bonds. The summed E-state index contributed by atoms with van der Waals surface area (Å²) < 4.78 is 6.98. The Bertz CT molecular complexity index is 985. The van der Waals surface area contributed by atoms with Gasteiger partial charge in [-0.3, -0.25) is 14.3 Å². The van der Waals surface area contributed by atoms with Gasteiger partial charge in [0.15, 0.2) is 0 Å². The Hall–Kier alpha value is -2.90. The van der Waals surface area contributed by atoms with Crippen molar-refractivity contribution in [3.8, 4) is 0 Å². The minimum absolute atomic E-state index is 0.0106. The number of alkyl carbamates (subject to hydrolysis) is 1. The number of aromatic nitrogens is 2. The zero-order valence-electron chi connectivity index (χ0n) is 18.6. The van der Waals surface area contributed by atoms with Crippen LogP contribution in [0.4, 0.5) is 4.79 Å². The number of para-hydroxylation sites is 1. The summed E-state index contributed by atoms with van der Waals surface area (Å²) in [6.45, 7) is 5.80. The molecule has 3 rings (SSSR count). The number of amides is 2. The van der Waals surface area contributed by atoms with Crippen LogP contribution < -0.4 is 16.1 Å². The highest BCUT2D eigenvalue weighted by atomic mass is 16.6. The quantitative estimate of drug-likeness (QED) is 0.713. The lowest BCUT2D eigenvalue weighted by molar-refractivity contribution is -0.122. The summed E-state index contributed by atoms with van der Waals surface area (Å²) in [5, 5.41) is 10.7. The van der Waals surface area contributed by atoms with Crippen LogP contribution in [-0.2, 0) is 16.1 Å². The number of nitrogens with one attached hydrogen (secondary N) is 2. The first kappa shape index (κ1) is 22.8. The molecule has 2 aromatic rings. The highest BCUT2D eigenvalue weighted by Gasteiger charge is 2.34. The maximum absolute atomic E-state index is 12.7. The Kier molecular flexibility index (Phi) is 6.97. The standard InChI is InChI=1S/C23H32N4O4/c1-22(2,3)31-21(30)26-23(12-8-4-5-9-13-23)16-24-20(29)15-27-18-11-7-6-10-17(18)19(28)14-25-27/h6-7,10-11,14H,4-5,8-9,12-13,15-16H2,1-3H3,(H,24,29)(H,26,30). The van der Waals surface area contributed by atoms with E-state index in [4.69, 9.17) is 4.74 Å². The van der Waals surface area contributed by atoms with Gasteiger partial charge in [0, 0.05) is 11.9 Å². The number of ether oxygens (including phenoxy) is 1. The van der Waals surface area contributed by atoms with E-state index in [0.717, 1.165) is 38.5 Å². The number of fused-ring (bicyclic) bond motifs is 1. The predicted octanol–water partition coefficient (Wildman–Crippen LogP) is 3.13. The Morgan fingerprint density at radius 1 is 1.13 bits per heavy atom. The molecule has 0 unspecified atom stereocenters. The number of benzene rings is 1. The van der Waals surface area contributed by atoms with Crippen LogP contribution in [0.5, 0.6) is 0 Å². The summed E-state index contributed by atoms with van der Waals surface area (Å²) in [6, 6.07) is 7.09. The molecule has 8 nitrogen and oxygen atoms in total. The number of hydrogen-bond acceptors (Lipinski definition) is 5. The largest absolute Gasteiger partial charge is 0.444 e. The van der Waals surface area contributed by atoms with Crippen molar-refractivity contribution in [2.24, 2.45) is 0 Å². The number of rotatable bonds is 5. The fraction of sp³-hybridized carbons (Fsp3) is 0.565. The zero-order valence-corrected chi connectivity index (χ0v) is 18.6. The Morgan fingerprint density at radius 3 is 2.48 bits per heavy atom. The first-order chi connectivity index (χ1) is 14.7. The SMILES string of the molecule is CC(C)(C)OC(=O)NC1(CNC(=O)Cn2ncc(=O)c3ccccc32)CCCCCC1. The Labute approximate surface area is 182 Å². The van der Waals surface area contributed by atoms with Gasteiger partial charge in [-0.2, -0.15) is 5.10 Å². The second kappa shape index (κ2) is 9.49. The van der Waals surface area contributed by atoms with Crippen LogP contribution in [0.2, 0.25) is 0 Å². The van der Waals surface area contributed by atoms with Crippen LogP contribution in [0.15, 0.2) is 35.3 Å². The molecule has 1 saturated carbocycles. The average molecular weight is 429 g/mol. The van der Waals surface area contributed by atoms with Gasteiger partial charge in [-0.25, -0.2) is 4.79 Å². The van der Waals surface area contributed by atoms with Crippen molar-refractivity contribution in [3.05, 3.63) is 40.7 Å². The molecule has 1 heterocycles. The van der Waals surface area contributed by atoms with Crippen LogP contribution in [0.1, 0.15) is 59.3 Å². The van der Waals surface area contributed by atoms with E-state index in [1.54, 1.807) is 18.2 Å². The minimum Gasteiger partial charge on any atom is -0.444 e. The van der Waals surface area contributed by atoms with Crippen molar-refractivity contribution in [2.45, 2.75) is 77.0 Å². The first-order valence-electron chi connectivity index (χ1n) is 10.9. The lowest BCUT2D eigenvalue weighted by Gasteiger charge is -2.35. The van der Waals surface area contributed by atoms with Crippen molar-refractivity contribution in [1.29, 1.82) is 0 Å². The molecule has 1 fully saturated rings. The molecule has 8 heteroatoms. The molecule has 0 bridgehead atoms. The molecule has 1 aromatic carbocycles. The van der Waals surface area contributed by atoms with E-state index in [1.165, 1.54) is 10.9 Å². The van der Waals surface area contributed by atoms with Crippen LogP contribution in [0, 0.1) is 0 Å². The van der Waals surface area contributed by atoms with Gasteiger partial charge >= 0.3 is 6.09 Å². The van der Waals surface area contributed by atoms with Gasteiger partial charge in [-0.1, -0.05) is 37.8 Å². The molecule has 1 aliphatic rings. The molecule has 2 N–H and O–H groups in total. The summed E-state index contributed by atoms with van der Waals surface area (Å²) in [4.78, 5) is 37.2. The molecular weight excluding hydrogens is 396 g/mol. The van der Waals surface area contributed by atoms with Crippen molar-refractivity contribution >= 4 is 22.9 Å². The maximum atomic E-state index is 12.7. The molecule has 0 saturated heterocycles. The highest BCUT2D eigenvalue weighted by Crippen LogP contribution is 2.27. The van der Waals surface area contributed by atoms with Gasteiger partial charge < -0.3 is 15.4 Å². The van der Waals surface area contributed by atoms with Crippen LogP contribution in [0.3, 0.4) is 0 Å². The van der Waals surface area contributed by atoms with Crippen molar-refractivity contribution < 1.29 is 14.3 Å². The van der Waals surface area contributed by atoms with Crippen LogP contribution in [0.25, 0.3) is 10.9 Å². The van der Waals surface area contributed by atoms with Gasteiger partial charge in [0.05, 0.1) is 17.3 Å². The van der Waals surface area contributed by atoms with E-state index in [-0.39, 0.29) is 17.9 Å². The Morgan fingerprint density at radius 2 is 1.81 bits per heavy atom. The topological polar surface area (TPSA) is 102 Å². The fourth-order valence-corrected chi connectivity index (χ4v) is 4.02. The van der Waals surface area contributed by atoms with E-state index in [1.807, 2.05) is 26.8 Å². The second-order valence-electron chi connectivity index (χ2n) is 9.28. The maximum Gasteiger partial charge on any atom is 0.408 e. The summed E-state index contributed by atoms with van der Waals surface area (Å²) in [7, 11) is 0. The van der Waals surface area contributed by atoms with Crippen LogP contribution >= 0.6 is 0 Å². The molecule has 0 radical (unpaired) electrons. The average Bonchev–Trinajstić information content (AvgIpc) is 2.93. The van der Waals surface area contributed by atoms with E-state index in [2.05, 4.69) is 15.7 Å². The molecule has 1 aromatic heterocycles. The van der Waals surface area contributed by atoms with Crippen LogP contribution in [-0.4, -0.2) is 39.5 Å². The molecule has 168 valence electrons. The summed E-state index contributed by atoms with van der Waals surface area (Å²) in [5.74, 6) is -0.226. The number of carbonyl (C=O) groups is 2. The van der Waals surface area contributed by atoms with Crippen molar-refractivity contribution in [2.75, 3.05) is 6.54 Å². The molecule has 1 aliphatic carbocycles. The van der Waals surface area contributed by atoms with Gasteiger partial charge in [0.25, 0.3) is 0 Å². The third-order valence-corrected chi connectivity index (χ3v) is 5.51. The van der Waals surface area contributed by atoms with Crippen molar-refractivity contribution in [3.63, 3.8) is 0 Å². The third kappa shape index (κ3) is 6.29. The van der Waals surface area contributed by atoms with E-state index >= 15 is 0 Å². The third-order valence-electron chi connectivity index (χ3n) is 5.51. The van der Waals surface area contributed by atoms with Gasteiger partial charge in [0.2, 0.25) is 11.3 Å². The predicted molar refractivity (Wildman–Crippen MR) is 119 cm³/mol. The number of hydrogen-bond donors (Lipinski definition) is 2. The molecular formula is C23H32N4O4. The molecule has 0 aliphatic heterocycles. The summed E-state index contributed by atoms with van der Waals surface area (Å²) in [6.07, 6.45) is 6.52. The number of carbonyl (C=O) groups excluding carboxylic acids is 2. The zero-order chi connectivity index (χ0) is 22.5. The summed E-state index contributed by atoms with van der Waals surface area (Å²) >= 11 is 0. The summed E-state index contributed by atoms with van der Waals surface area (Å²) in [5.41, 5.74) is -0.684. The minimum atomic E-state index is -0.587. The van der Waals surface area contributed by atoms with Gasteiger partial charge in [0.1, 0.15) is 12.1 Å². The highest BCUT2D eigenvalue weighted by molar-refractivity contribution is 5.81. The molecule has 0 spiro atoms. The molecule has 0 atom stereocenters. The Balaban J connectivity index is 1.70. The lowest BCUT2D eigenvalue weighted by Crippen LogP contribution is -2.56.